The van der Waals surface area contributed by atoms with Gasteiger partial charge >= 0.3 is 5.97 Å². The summed E-state index contributed by atoms with van der Waals surface area (Å²) < 4.78 is 10.3. The average Bonchev–Trinajstić information content (AvgIpc) is 2.45. The van der Waals surface area contributed by atoms with Gasteiger partial charge in [0.25, 0.3) is 0 Å². The maximum absolute atomic E-state index is 12.2. The Morgan fingerprint density at radius 1 is 1.30 bits per heavy atom. The van der Waals surface area contributed by atoms with E-state index in [4.69, 9.17) is 9.47 Å². The van der Waals surface area contributed by atoms with E-state index in [0.717, 1.165) is 12.1 Å². The summed E-state index contributed by atoms with van der Waals surface area (Å²) in [5.41, 5.74) is -0.162. The normalized spacial score (nSPS) is 13.9. The minimum atomic E-state index is -0.933. The number of nitrogens with one attached hydrogen (secondary N) is 1. The second-order valence-electron chi connectivity index (χ2n) is 5.05. The highest BCUT2D eigenvalue weighted by Crippen LogP contribution is 2.30. The van der Waals surface area contributed by atoms with E-state index in [-0.39, 0.29) is 5.97 Å². The molecule has 1 aromatic rings. The van der Waals surface area contributed by atoms with Crippen molar-refractivity contribution >= 4 is 5.97 Å². The number of para-hydroxylation sites is 1. The Morgan fingerprint density at radius 3 is 2.50 bits per heavy atom. The molecule has 0 saturated carbocycles. The Balaban J connectivity index is 3.07. The lowest BCUT2D eigenvalue weighted by atomic mass is 9.91. The van der Waals surface area contributed by atoms with E-state index in [1.54, 1.807) is 7.11 Å². The Kier molecular flexibility index (Phi) is 5.98. The van der Waals surface area contributed by atoms with Gasteiger partial charge < -0.3 is 14.4 Å². The molecule has 112 valence electrons. The zero-order chi connectivity index (χ0) is 15.2. The molecule has 0 aromatic heterocycles. The topological polar surface area (TPSA) is 50.8 Å². The van der Waals surface area contributed by atoms with Gasteiger partial charge in [-0.2, -0.15) is 0 Å². The number of esters is 1. The fourth-order valence-corrected chi connectivity index (χ4v) is 2.07. The SMILES string of the molecule is COC(=O)C(C)(NCCN(C)C)c1ccccc1OC. The van der Waals surface area contributed by atoms with Crippen molar-refractivity contribution in [1.29, 1.82) is 0 Å². The van der Waals surface area contributed by atoms with Crippen LogP contribution in [0.4, 0.5) is 0 Å². The molecule has 1 atom stereocenters. The van der Waals surface area contributed by atoms with Gasteiger partial charge in [0.05, 0.1) is 14.2 Å². The molecule has 0 aliphatic rings. The first-order valence-electron chi connectivity index (χ1n) is 6.57. The monoisotopic (exact) mass is 280 g/mol. The molecule has 0 bridgehead atoms. The van der Waals surface area contributed by atoms with Gasteiger partial charge in [-0.3, -0.25) is 5.32 Å². The number of carbonyl (C=O) groups is 1. The van der Waals surface area contributed by atoms with Crippen LogP contribution in [-0.4, -0.2) is 52.3 Å². The number of hydrogen-bond donors (Lipinski definition) is 1. The zero-order valence-electron chi connectivity index (χ0n) is 12.9. The zero-order valence-corrected chi connectivity index (χ0v) is 12.9. The lowest BCUT2D eigenvalue weighted by molar-refractivity contribution is -0.148. The van der Waals surface area contributed by atoms with Crippen molar-refractivity contribution in [3.05, 3.63) is 29.8 Å². The van der Waals surface area contributed by atoms with Crippen LogP contribution in [0.1, 0.15) is 12.5 Å². The molecule has 1 unspecified atom stereocenters. The molecule has 0 radical (unpaired) electrons. The highest BCUT2D eigenvalue weighted by molar-refractivity contribution is 5.83. The molecule has 1 N–H and O–H groups in total. The fraction of sp³-hybridized carbons (Fsp3) is 0.533. The van der Waals surface area contributed by atoms with E-state index in [9.17, 15) is 4.79 Å². The Hall–Kier alpha value is -1.59. The first kappa shape index (κ1) is 16.5. The van der Waals surface area contributed by atoms with Crippen LogP contribution in [0.5, 0.6) is 5.75 Å². The van der Waals surface area contributed by atoms with E-state index < -0.39 is 5.54 Å². The van der Waals surface area contributed by atoms with E-state index in [0.29, 0.717) is 12.3 Å². The van der Waals surface area contributed by atoms with Crippen molar-refractivity contribution in [3.63, 3.8) is 0 Å². The maximum Gasteiger partial charge on any atom is 0.330 e. The van der Waals surface area contributed by atoms with Crippen LogP contribution in [0.15, 0.2) is 24.3 Å². The molecule has 20 heavy (non-hydrogen) atoms. The molecule has 5 heteroatoms. The molecular weight excluding hydrogens is 256 g/mol. The molecule has 1 aromatic carbocycles. The highest BCUT2D eigenvalue weighted by atomic mass is 16.5. The van der Waals surface area contributed by atoms with Gasteiger partial charge in [-0.05, 0) is 27.1 Å². The van der Waals surface area contributed by atoms with E-state index in [1.807, 2.05) is 50.2 Å². The van der Waals surface area contributed by atoms with Crippen LogP contribution >= 0.6 is 0 Å². The quantitative estimate of drug-likeness (QED) is 0.761. The van der Waals surface area contributed by atoms with Crippen molar-refractivity contribution in [2.45, 2.75) is 12.5 Å². The highest BCUT2D eigenvalue weighted by Gasteiger charge is 2.38. The van der Waals surface area contributed by atoms with Gasteiger partial charge in [-0.1, -0.05) is 18.2 Å². The van der Waals surface area contributed by atoms with E-state index >= 15 is 0 Å². The number of nitrogens with zero attached hydrogens (tertiary/aromatic N) is 1. The Bertz CT molecular complexity index is 448. The van der Waals surface area contributed by atoms with Crippen LogP contribution < -0.4 is 10.1 Å². The van der Waals surface area contributed by atoms with Gasteiger partial charge in [0, 0.05) is 18.7 Å². The lowest BCUT2D eigenvalue weighted by Gasteiger charge is -2.30. The second-order valence-corrected chi connectivity index (χ2v) is 5.05. The largest absolute Gasteiger partial charge is 0.496 e. The number of methoxy groups -OCH3 is 2. The van der Waals surface area contributed by atoms with Crippen LogP contribution in [0.3, 0.4) is 0 Å². The molecule has 0 aliphatic heterocycles. The molecule has 0 amide bonds. The summed E-state index contributed by atoms with van der Waals surface area (Å²) in [4.78, 5) is 14.3. The van der Waals surface area contributed by atoms with Crippen LogP contribution in [0.25, 0.3) is 0 Å². The Labute approximate surface area is 120 Å². The van der Waals surface area contributed by atoms with Gasteiger partial charge in [-0.25, -0.2) is 4.79 Å². The van der Waals surface area contributed by atoms with Gasteiger partial charge in [0.15, 0.2) is 0 Å². The first-order chi connectivity index (χ1) is 9.45. The van der Waals surface area contributed by atoms with E-state index in [2.05, 4.69) is 5.32 Å². The van der Waals surface area contributed by atoms with Crippen LogP contribution in [0, 0.1) is 0 Å². The minimum Gasteiger partial charge on any atom is -0.496 e. The lowest BCUT2D eigenvalue weighted by Crippen LogP contribution is -2.49. The fourth-order valence-electron chi connectivity index (χ4n) is 2.07. The number of rotatable bonds is 7. The summed E-state index contributed by atoms with van der Waals surface area (Å²) in [6.07, 6.45) is 0. The number of likely N-dealkylation sites (N-methyl/N-ethyl adjacent to an activating group) is 1. The van der Waals surface area contributed by atoms with Gasteiger partial charge in [0.1, 0.15) is 11.3 Å². The summed E-state index contributed by atoms with van der Waals surface area (Å²) >= 11 is 0. The molecule has 5 nitrogen and oxygen atoms in total. The maximum atomic E-state index is 12.2. The summed E-state index contributed by atoms with van der Waals surface area (Å²) in [6, 6.07) is 7.47. The van der Waals surface area contributed by atoms with Crippen LogP contribution in [0.2, 0.25) is 0 Å². The summed E-state index contributed by atoms with van der Waals surface area (Å²) in [5, 5.41) is 3.27. The van der Waals surface area contributed by atoms with Crippen molar-refractivity contribution < 1.29 is 14.3 Å². The molecule has 0 spiro atoms. The smallest absolute Gasteiger partial charge is 0.330 e. The number of ether oxygens (including phenoxy) is 2. The number of carbonyl (C=O) groups excluding carboxylic acids is 1. The first-order valence-corrected chi connectivity index (χ1v) is 6.57. The van der Waals surface area contributed by atoms with Crippen molar-refractivity contribution in [1.82, 2.24) is 10.2 Å². The average molecular weight is 280 g/mol. The van der Waals surface area contributed by atoms with Gasteiger partial charge in [0.2, 0.25) is 0 Å². The predicted octanol–water partition coefficient (Wildman–Crippen LogP) is 1.23. The second kappa shape index (κ2) is 7.26. The third kappa shape index (κ3) is 3.71. The van der Waals surface area contributed by atoms with Crippen molar-refractivity contribution in [3.8, 4) is 5.75 Å². The number of hydrogen-bond acceptors (Lipinski definition) is 5. The summed E-state index contributed by atoms with van der Waals surface area (Å²) in [5.74, 6) is 0.332. The van der Waals surface area contributed by atoms with Crippen molar-refractivity contribution in [2.75, 3.05) is 41.4 Å². The molecule has 1 rings (SSSR count). The summed E-state index contributed by atoms with van der Waals surface area (Å²) in [6.45, 7) is 3.30. The molecule has 0 saturated heterocycles. The molecule has 0 heterocycles. The predicted molar refractivity (Wildman–Crippen MR) is 78.9 cm³/mol. The third-order valence-electron chi connectivity index (χ3n) is 3.28. The summed E-state index contributed by atoms with van der Waals surface area (Å²) in [7, 11) is 6.96. The van der Waals surface area contributed by atoms with Crippen molar-refractivity contribution in [2.24, 2.45) is 0 Å². The van der Waals surface area contributed by atoms with Crippen LogP contribution in [-0.2, 0) is 15.1 Å². The third-order valence-corrected chi connectivity index (χ3v) is 3.28. The Morgan fingerprint density at radius 2 is 1.95 bits per heavy atom. The standard InChI is InChI=1S/C15H24N2O3/c1-15(14(18)20-5,16-10-11-17(2)3)12-8-6-7-9-13(12)19-4/h6-9,16H,10-11H2,1-5H3. The molecule has 0 aliphatic carbocycles. The molecular formula is C15H24N2O3. The minimum absolute atomic E-state index is 0.333. The van der Waals surface area contributed by atoms with Gasteiger partial charge in [-0.15, -0.1) is 0 Å². The molecule has 0 fully saturated rings. The number of benzene rings is 1. The van der Waals surface area contributed by atoms with E-state index in [1.165, 1.54) is 7.11 Å².